The predicted molar refractivity (Wildman–Crippen MR) is 86.9 cm³/mol. The van der Waals surface area contributed by atoms with Gasteiger partial charge in [0, 0.05) is 10.9 Å². The molecule has 0 atom stereocenters. The number of Topliss-reactive ketones (excluding diaryl/α,β-unsaturated/α-hetero) is 1. The van der Waals surface area contributed by atoms with Crippen LogP contribution in [-0.4, -0.2) is 29.3 Å². The minimum Gasteiger partial charge on any atom is -0.297 e. The molecule has 0 N–H and O–H groups in total. The van der Waals surface area contributed by atoms with Gasteiger partial charge in [0.2, 0.25) is 0 Å². The Labute approximate surface area is 134 Å². The molecule has 0 unspecified atom stereocenters. The van der Waals surface area contributed by atoms with Crippen molar-refractivity contribution in [1.82, 2.24) is 4.90 Å². The van der Waals surface area contributed by atoms with Crippen molar-refractivity contribution >= 4 is 21.7 Å². The summed E-state index contributed by atoms with van der Waals surface area (Å²) < 4.78 is 13.8. The van der Waals surface area contributed by atoms with E-state index in [0.29, 0.717) is 10.9 Å². The topological polar surface area (TPSA) is 20.3 Å². The van der Waals surface area contributed by atoms with Crippen LogP contribution in [0.4, 0.5) is 4.39 Å². The van der Waals surface area contributed by atoms with Crippen LogP contribution in [0.1, 0.15) is 45.1 Å². The van der Waals surface area contributed by atoms with Gasteiger partial charge in [-0.25, -0.2) is 4.39 Å². The first-order valence-electron chi connectivity index (χ1n) is 7.63. The van der Waals surface area contributed by atoms with Crippen molar-refractivity contribution in [2.75, 3.05) is 13.1 Å². The van der Waals surface area contributed by atoms with E-state index in [1.807, 2.05) is 13.8 Å². The fourth-order valence-corrected chi connectivity index (χ4v) is 3.35. The third-order valence-electron chi connectivity index (χ3n) is 4.45. The molecule has 0 amide bonds. The zero-order chi connectivity index (χ0) is 15.5. The SMILES string of the molecule is CC(C)(C(=O)Cc1ccc(F)cc1Br)N1CCCCCC1. The Morgan fingerprint density at radius 2 is 1.86 bits per heavy atom. The molecule has 1 aliphatic rings. The zero-order valence-electron chi connectivity index (χ0n) is 12.8. The van der Waals surface area contributed by atoms with Crippen LogP contribution in [-0.2, 0) is 11.2 Å². The first-order chi connectivity index (χ1) is 9.91. The molecule has 0 spiro atoms. The zero-order valence-corrected chi connectivity index (χ0v) is 14.4. The quantitative estimate of drug-likeness (QED) is 0.799. The maximum atomic E-state index is 13.1. The van der Waals surface area contributed by atoms with Crippen molar-refractivity contribution in [3.63, 3.8) is 0 Å². The van der Waals surface area contributed by atoms with E-state index in [9.17, 15) is 9.18 Å². The maximum absolute atomic E-state index is 13.1. The van der Waals surface area contributed by atoms with Crippen molar-refractivity contribution in [3.05, 3.63) is 34.1 Å². The number of halogens is 2. The third-order valence-corrected chi connectivity index (χ3v) is 5.18. The normalized spacial score (nSPS) is 17.5. The van der Waals surface area contributed by atoms with Gasteiger partial charge in [0.1, 0.15) is 5.82 Å². The smallest absolute Gasteiger partial charge is 0.156 e. The lowest BCUT2D eigenvalue weighted by Gasteiger charge is -2.36. The number of ketones is 1. The summed E-state index contributed by atoms with van der Waals surface area (Å²) in [6.45, 7) is 6.00. The first kappa shape index (κ1) is 16.6. The Morgan fingerprint density at radius 1 is 1.24 bits per heavy atom. The molecule has 0 aliphatic carbocycles. The Bertz CT molecular complexity index is 508. The lowest BCUT2D eigenvalue weighted by atomic mass is 9.91. The number of carbonyl (C=O) groups is 1. The van der Waals surface area contributed by atoms with Gasteiger partial charge in [0.05, 0.1) is 5.54 Å². The van der Waals surface area contributed by atoms with Gasteiger partial charge in [-0.3, -0.25) is 9.69 Å². The van der Waals surface area contributed by atoms with E-state index in [4.69, 9.17) is 0 Å². The van der Waals surface area contributed by atoms with Crippen LogP contribution < -0.4 is 0 Å². The molecule has 4 heteroatoms. The predicted octanol–water partition coefficient (Wildman–Crippen LogP) is 4.35. The summed E-state index contributed by atoms with van der Waals surface area (Å²) in [4.78, 5) is 15.0. The second-order valence-corrected chi connectivity index (χ2v) is 7.15. The van der Waals surface area contributed by atoms with Crippen molar-refractivity contribution < 1.29 is 9.18 Å². The highest BCUT2D eigenvalue weighted by molar-refractivity contribution is 9.10. The fourth-order valence-electron chi connectivity index (χ4n) is 2.86. The number of hydrogen-bond acceptors (Lipinski definition) is 2. The van der Waals surface area contributed by atoms with Gasteiger partial charge in [-0.05, 0) is 57.5 Å². The second-order valence-electron chi connectivity index (χ2n) is 6.30. The van der Waals surface area contributed by atoms with Crippen LogP contribution in [0.2, 0.25) is 0 Å². The van der Waals surface area contributed by atoms with Crippen LogP contribution in [0.3, 0.4) is 0 Å². The Kier molecular flexibility index (Phi) is 5.55. The van der Waals surface area contributed by atoms with E-state index in [1.165, 1.54) is 25.0 Å². The first-order valence-corrected chi connectivity index (χ1v) is 8.43. The summed E-state index contributed by atoms with van der Waals surface area (Å²) >= 11 is 3.35. The van der Waals surface area contributed by atoms with Crippen molar-refractivity contribution in [2.24, 2.45) is 0 Å². The Hall–Kier alpha value is -0.740. The molecular formula is C17H23BrFNO. The molecule has 0 bridgehead atoms. The van der Waals surface area contributed by atoms with Crippen molar-refractivity contribution in [1.29, 1.82) is 0 Å². The van der Waals surface area contributed by atoms with E-state index >= 15 is 0 Å². The molecule has 1 saturated heterocycles. The molecule has 1 aromatic carbocycles. The summed E-state index contributed by atoms with van der Waals surface area (Å²) in [5.74, 6) is -0.0958. The average Bonchev–Trinajstić information content (AvgIpc) is 2.71. The Balaban J connectivity index is 2.10. The molecule has 0 aromatic heterocycles. The van der Waals surface area contributed by atoms with Gasteiger partial charge >= 0.3 is 0 Å². The molecule has 0 radical (unpaired) electrons. The van der Waals surface area contributed by atoms with Crippen molar-refractivity contribution in [3.8, 4) is 0 Å². The molecule has 116 valence electrons. The van der Waals surface area contributed by atoms with Crippen LogP contribution >= 0.6 is 15.9 Å². The van der Waals surface area contributed by atoms with Gasteiger partial charge < -0.3 is 0 Å². The average molecular weight is 356 g/mol. The number of likely N-dealkylation sites (tertiary alicyclic amines) is 1. The fraction of sp³-hybridized carbons (Fsp3) is 0.588. The van der Waals surface area contributed by atoms with Gasteiger partial charge in [0.15, 0.2) is 5.78 Å². The number of rotatable bonds is 4. The second kappa shape index (κ2) is 7.01. The summed E-state index contributed by atoms with van der Waals surface area (Å²) in [6, 6.07) is 4.52. The standard InChI is InChI=1S/C17H23BrFNO/c1-17(2,20-9-5-3-4-6-10-20)16(21)11-13-7-8-14(19)12-15(13)18/h7-8,12H,3-6,9-11H2,1-2H3. The molecule has 1 aromatic rings. The van der Waals surface area contributed by atoms with Gasteiger partial charge in [0.25, 0.3) is 0 Å². The number of benzene rings is 1. The van der Waals surface area contributed by atoms with E-state index in [-0.39, 0.29) is 11.6 Å². The molecule has 1 heterocycles. The van der Waals surface area contributed by atoms with Crippen molar-refractivity contribution in [2.45, 2.75) is 51.5 Å². The molecule has 1 fully saturated rings. The largest absolute Gasteiger partial charge is 0.297 e. The number of carbonyl (C=O) groups excluding carboxylic acids is 1. The van der Waals surface area contributed by atoms with Crippen LogP contribution in [0.15, 0.2) is 22.7 Å². The van der Waals surface area contributed by atoms with Gasteiger partial charge in [-0.2, -0.15) is 0 Å². The molecule has 21 heavy (non-hydrogen) atoms. The van der Waals surface area contributed by atoms with Crippen LogP contribution in [0, 0.1) is 5.82 Å². The highest BCUT2D eigenvalue weighted by atomic mass is 79.9. The summed E-state index contributed by atoms with van der Waals surface area (Å²) in [6.07, 6.45) is 5.17. The number of nitrogens with zero attached hydrogens (tertiary/aromatic N) is 1. The summed E-state index contributed by atoms with van der Waals surface area (Å²) in [5, 5.41) is 0. The molecule has 2 rings (SSSR count). The molecule has 2 nitrogen and oxygen atoms in total. The highest BCUT2D eigenvalue weighted by Crippen LogP contribution is 2.25. The van der Waals surface area contributed by atoms with E-state index in [2.05, 4.69) is 20.8 Å². The van der Waals surface area contributed by atoms with E-state index < -0.39 is 5.54 Å². The maximum Gasteiger partial charge on any atom is 0.156 e. The van der Waals surface area contributed by atoms with Gasteiger partial charge in [-0.1, -0.05) is 34.8 Å². The van der Waals surface area contributed by atoms with Crippen LogP contribution in [0.25, 0.3) is 0 Å². The highest BCUT2D eigenvalue weighted by Gasteiger charge is 2.34. The summed E-state index contributed by atoms with van der Waals surface area (Å²) in [7, 11) is 0. The van der Waals surface area contributed by atoms with Gasteiger partial charge in [-0.15, -0.1) is 0 Å². The molecular weight excluding hydrogens is 333 g/mol. The van der Waals surface area contributed by atoms with E-state index in [0.717, 1.165) is 31.5 Å². The lowest BCUT2D eigenvalue weighted by Crippen LogP contribution is -2.51. The third kappa shape index (κ3) is 4.13. The molecule has 1 aliphatic heterocycles. The minimum absolute atomic E-state index is 0.191. The van der Waals surface area contributed by atoms with E-state index in [1.54, 1.807) is 6.07 Å². The van der Waals surface area contributed by atoms with Crippen LogP contribution in [0.5, 0.6) is 0 Å². The number of hydrogen-bond donors (Lipinski definition) is 0. The summed E-state index contributed by atoms with van der Waals surface area (Å²) in [5.41, 5.74) is 0.391. The monoisotopic (exact) mass is 355 g/mol. The molecule has 0 saturated carbocycles. The lowest BCUT2D eigenvalue weighted by molar-refractivity contribution is -0.128. The Morgan fingerprint density at radius 3 is 2.43 bits per heavy atom. The minimum atomic E-state index is -0.460.